The van der Waals surface area contributed by atoms with Gasteiger partial charge < -0.3 is 4.90 Å². The van der Waals surface area contributed by atoms with Gasteiger partial charge in [0, 0.05) is 30.7 Å². The summed E-state index contributed by atoms with van der Waals surface area (Å²) in [5, 5.41) is 0. The first-order valence-electron chi connectivity index (χ1n) is 11.7. The zero-order valence-corrected chi connectivity index (χ0v) is 18.8. The third kappa shape index (κ3) is 3.63. The van der Waals surface area contributed by atoms with Crippen LogP contribution >= 0.6 is 0 Å². The van der Waals surface area contributed by atoms with Gasteiger partial charge in [0.2, 0.25) is 10.0 Å². The molecule has 1 aromatic carbocycles. The second kappa shape index (κ2) is 7.26. The Kier molecular flexibility index (Phi) is 4.98. The fourth-order valence-electron chi connectivity index (χ4n) is 7.58. The van der Waals surface area contributed by atoms with Crippen LogP contribution in [0, 0.1) is 29.6 Å². The molecule has 5 rings (SSSR count). The normalized spacial score (nSPS) is 39.2. The molecule has 1 N–H and O–H groups in total. The van der Waals surface area contributed by atoms with Crippen molar-refractivity contribution in [2.75, 3.05) is 30.6 Å². The zero-order valence-electron chi connectivity index (χ0n) is 17.9. The van der Waals surface area contributed by atoms with Crippen molar-refractivity contribution in [3.05, 3.63) is 29.8 Å². The number of hydrogen-bond acceptors (Lipinski definition) is 3. The van der Waals surface area contributed by atoms with Crippen LogP contribution in [0.25, 0.3) is 0 Å². The third-order valence-electron chi connectivity index (χ3n) is 8.75. The van der Waals surface area contributed by atoms with Crippen molar-refractivity contribution in [2.24, 2.45) is 29.6 Å². The number of likely N-dealkylation sites (tertiary alicyclic amines) is 1. The molecule has 4 fully saturated rings. The van der Waals surface area contributed by atoms with Gasteiger partial charge in [0.15, 0.2) is 0 Å². The standard InChI is InChI=1S/C24H36N2O2S/c1-3-24(20-9-6-10-21(13-20)25-29(2,27)28)22-15-26(16-23(22)24)14-17-11-18-7-4-5-8-19(18)12-17/h6,9-10,13,17-19,22-23,25H,3-5,7-8,11-12,14-16H2,1-2H3. The van der Waals surface area contributed by atoms with Gasteiger partial charge in [0.1, 0.15) is 0 Å². The fourth-order valence-corrected chi connectivity index (χ4v) is 8.13. The topological polar surface area (TPSA) is 49.4 Å². The predicted molar refractivity (Wildman–Crippen MR) is 118 cm³/mol. The van der Waals surface area contributed by atoms with E-state index in [9.17, 15) is 8.42 Å². The van der Waals surface area contributed by atoms with Gasteiger partial charge in [-0.25, -0.2) is 8.42 Å². The first kappa shape index (κ1) is 19.9. The molecule has 1 heterocycles. The van der Waals surface area contributed by atoms with Crippen LogP contribution in [0.4, 0.5) is 5.69 Å². The summed E-state index contributed by atoms with van der Waals surface area (Å²) in [6, 6.07) is 8.15. The summed E-state index contributed by atoms with van der Waals surface area (Å²) in [7, 11) is -3.23. The van der Waals surface area contributed by atoms with Crippen molar-refractivity contribution < 1.29 is 8.42 Å². The summed E-state index contributed by atoms with van der Waals surface area (Å²) in [6.45, 7) is 6.08. The van der Waals surface area contributed by atoms with E-state index in [1.54, 1.807) is 0 Å². The van der Waals surface area contributed by atoms with Crippen LogP contribution in [-0.4, -0.2) is 39.2 Å². The lowest BCUT2D eigenvalue weighted by Gasteiger charge is -2.28. The number of piperidine rings is 1. The first-order chi connectivity index (χ1) is 13.9. The second-order valence-electron chi connectivity index (χ2n) is 10.4. The van der Waals surface area contributed by atoms with Gasteiger partial charge in [-0.1, -0.05) is 44.7 Å². The van der Waals surface area contributed by atoms with E-state index in [2.05, 4.69) is 28.7 Å². The molecule has 4 atom stereocenters. The van der Waals surface area contributed by atoms with Crippen LogP contribution in [0.3, 0.4) is 0 Å². The van der Waals surface area contributed by atoms with Crippen molar-refractivity contribution in [1.82, 2.24) is 4.90 Å². The smallest absolute Gasteiger partial charge is 0.229 e. The molecular formula is C24H36N2O2S. The molecule has 0 aromatic heterocycles. The van der Waals surface area contributed by atoms with E-state index < -0.39 is 10.0 Å². The number of nitrogens with one attached hydrogen (secondary N) is 1. The Balaban J connectivity index is 1.23. The van der Waals surface area contributed by atoms with E-state index in [-0.39, 0.29) is 5.41 Å². The van der Waals surface area contributed by atoms with Crippen molar-refractivity contribution in [3.63, 3.8) is 0 Å². The molecule has 3 aliphatic carbocycles. The van der Waals surface area contributed by atoms with Gasteiger partial charge in [0.05, 0.1) is 6.26 Å². The maximum Gasteiger partial charge on any atom is 0.229 e. The minimum atomic E-state index is -3.23. The Bertz CT molecular complexity index is 841. The largest absolute Gasteiger partial charge is 0.302 e. The summed E-state index contributed by atoms with van der Waals surface area (Å²) >= 11 is 0. The van der Waals surface area contributed by atoms with Gasteiger partial charge in [-0.05, 0) is 66.5 Å². The Morgan fingerprint density at radius 1 is 1.10 bits per heavy atom. The van der Waals surface area contributed by atoms with Crippen LogP contribution in [0.1, 0.15) is 57.4 Å². The summed E-state index contributed by atoms with van der Waals surface area (Å²) in [5.41, 5.74) is 2.29. The molecule has 0 spiro atoms. The molecule has 0 radical (unpaired) electrons. The van der Waals surface area contributed by atoms with Gasteiger partial charge in [-0.2, -0.15) is 0 Å². The Hall–Kier alpha value is -1.07. The predicted octanol–water partition coefficient (Wildman–Crippen LogP) is 4.48. The number of nitrogens with zero attached hydrogens (tertiary/aromatic N) is 1. The molecule has 4 unspecified atom stereocenters. The molecule has 4 nitrogen and oxygen atoms in total. The van der Waals surface area contributed by atoms with E-state index in [1.807, 2.05) is 12.1 Å². The molecular weight excluding hydrogens is 380 g/mol. The van der Waals surface area contributed by atoms with Crippen LogP contribution in [0.2, 0.25) is 0 Å². The van der Waals surface area contributed by atoms with E-state index in [0.29, 0.717) is 5.69 Å². The van der Waals surface area contributed by atoms with Crippen LogP contribution in [-0.2, 0) is 15.4 Å². The molecule has 160 valence electrons. The van der Waals surface area contributed by atoms with E-state index in [4.69, 9.17) is 0 Å². The number of sulfonamides is 1. The quantitative estimate of drug-likeness (QED) is 0.744. The highest BCUT2D eigenvalue weighted by molar-refractivity contribution is 7.92. The summed E-state index contributed by atoms with van der Waals surface area (Å²) < 4.78 is 25.9. The van der Waals surface area contributed by atoms with Crippen molar-refractivity contribution in [1.29, 1.82) is 0 Å². The van der Waals surface area contributed by atoms with Gasteiger partial charge in [-0.15, -0.1) is 0 Å². The molecule has 1 saturated heterocycles. The van der Waals surface area contributed by atoms with Gasteiger partial charge in [-0.3, -0.25) is 4.72 Å². The van der Waals surface area contributed by atoms with Gasteiger partial charge in [0.25, 0.3) is 0 Å². The van der Waals surface area contributed by atoms with Crippen LogP contribution < -0.4 is 4.72 Å². The molecule has 1 aliphatic heterocycles. The van der Waals surface area contributed by atoms with E-state index >= 15 is 0 Å². The average molecular weight is 417 g/mol. The molecule has 1 aromatic rings. The van der Waals surface area contributed by atoms with Crippen LogP contribution in [0.5, 0.6) is 0 Å². The molecule has 3 saturated carbocycles. The fraction of sp³-hybridized carbons (Fsp3) is 0.750. The minimum Gasteiger partial charge on any atom is -0.302 e. The van der Waals surface area contributed by atoms with E-state index in [0.717, 1.165) is 36.0 Å². The van der Waals surface area contributed by atoms with Crippen molar-refractivity contribution >= 4 is 15.7 Å². The zero-order chi connectivity index (χ0) is 20.2. The van der Waals surface area contributed by atoms with Crippen LogP contribution in [0.15, 0.2) is 24.3 Å². The molecule has 5 heteroatoms. The number of rotatable bonds is 6. The van der Waals surface area contributed by atoms with Crippen molar-refractivity contribution in [2.45, 2.75) is 57.3 Å². The Morgan fingerprint density at radius 2 is 1.76 bits per heavy atom. The summed E-state index contributed by atoms with van der Waals surface area (Å²) in [4.78, 5) is 2.75. The number of fused-ring (bicyclic) bond motifs is 2. The molecule has 29 heavy (non-hydrogen) atoms. The lowest BCUT2D eigenvalue weighted by atomic mass is 9.82. The monoisotopic (exact) mass is 416 g/mol. The second-order valence-corrected chi connectivity index (χ2v) is 12.2. The van der Waals surface area contributed by atoms with E-state index in [1.165, 1.54) is 70.0 Å². The lowest BCUT2D eigenvalue weighted by molar-refractivity contribution is 0.228. The molecule has 4 aliphatic rings. The molecule has 0 amide bonds. The number of hydrogen-bond donors (Lipinski definition) is 1. The first-order valence-corrected chi connectivity index (χ1v) is 13.6. The SMILES string of the molecule is CCC1(c2cccc(NS(C)(=O)=O)c2)C2CN(CC3CC4CCCCC4C3)CC21. The number of benzene rings is 1. The van der Waals surface area contributed by atoms with Gasteiger partial charge >= 0.3 is 0 Å². The molecule has 0 bridgehead atoms. The summed E-state index contributed by atoms with van der Waals surface area (Å²) in [6.07, 6.45) is 11.2. The highest BCUT2D eigenvalue weighted by atomic mass is 32.2. The maximum atomic E-state index is 11.6. The maximum absolute atomic E-state index is 11.6. The third-order valence-corrected chi connectivity index (χ3v) is 9.36. The lowest BCUT2D eigenvalue weighted by Crippen LogP contribution is -2.33. The minimum absolute atomic E-state index is 0.259. The highest BCUT2D eigenvalue weighted by Gasteiger charge is 2.67. The Labute approximate surface area is 176 Å². The summed E-state index contributed by atoms with van der Waals surface area (Å²) in [5.74, 6) is 4.48. The van der Waals surface area contributed by atoms with Crippen molar-refractivity contribution in [3.8, 4) is 0 Å². The Morgan fingerprint density at radius 3 is 2.34 bits per heavy atom. The number of anilines is 1. The average Bonchev–Trinajstić information content (AvgIpc) is 2.98. The highest BCUT2D eigenvalue weighted by Crippen LogP contribution is 2.65.